The van der Waals surface area contributed by atoms with Crippen LogP contribution in [-0.2, 0) is 19.1 Å². The highest BCUT2D eigenvalue weighted by atomic mass is 35.5. The number of aromatic nitrogens is 2. The summed E-state index contributed by atoms with van der Waals surface area (Å²) in [6.45, 7) is 6.83. The van der Waals surface area contributed by atoms with Crippen LogP contribution in [0.2, 0.25) is 0 Å². The van der Waals surface area contributed by atoms with Crippen molar-refractivity contribution in [1.82, 2.24) is 15.3 Å². The number of aliphatic imine (C=N–C) groups is 1. The predicted molar refractivity (Wildman–Crippen MR) is 105 cm³/mol. The summed E-state index contributed by atoms with van der Waals surface area (Å²) in [4.78, 5) is 38.8. The number of rotatable bonds is 4. The Kier molecular flexibility index (Phi) is 17.7. The van der Waals surface area contributed by atoms with Crippen LogP contribution < -0.4 is 10.9 Å². The van der Waals surface area contributed by atoms with Gasteiger partial charge in [-0.05, 0) is 27.7 Å². The molecule has 0 saturated heterocycles. The van der Waals surface area contributed by atoms with E-state index in [2.05, 4.69) is 29.8 Å². The number of hydrogen-bond acceptors (Lipinski definition) is 8. The number of aryl methyl sites for hydroxylation is 1. The highest BCUT2D eigenvalue weighted by Crippen LogP contribution is 2.14. The number of nitrogens with zero attached hydrogens (tertiary/aromatic N) is 2. The van der Waals surface area contributed by atoms with E-state index in [-0.39, 0.29) is 6.61 Å². The number of esters is 1. The number of carbonyl (C=O) groups is 2. The molecule has 0 aliphatic carbocycles. The van der Waals surface area contributed by atoms with Gasteiger partial charge >= 0.3 is 5.97 Å². The summed E-state index contributed by atoms with van der Waals surface area (Å²) in [5, 5.41) is 2.59. The lowest BCUT2D eigenvalue weighted by Crippen LogP contribution is -2.21. The second-order valence-corrected chi connectivity index (χ2v) is 5.27. The Labute approximate surface area is 176 Å². The minimum absolute atomic E-state index is 0.253. The van der Waals surface area contributed by atoms with Crippen LogP contribution in [0.5, 0.6) is 0 Å². The van der Waals surface area contributed by atoms with Crippen LogP contribution in [0.3, 0.4) is 0 Å². The molecule has 1 aliphatic heterocycles. The van der Waals surface area contributed by atoms with E-state index < -0.39 is 35.3 Å². The molecule has 1 aromatic rings. The second-order valence-electron chi connectivity index (χ2n) is 4.86. The molecule has 0 saturated carbocycles. The number of hydrogen-bond donors (Lipinski definition) is 2. The molecule has 1 aliphatic rings. The molecule has 0 spiro atoms. The first kappa shape index (κ1) is 29.3. The summed E-state index contributed by atoms with van der Waals surface area (Å²) in [7, 11) is 0. The summed E-state index contributed by atoms with van der Waals surface area (Å²) in [6, 6.07) is 0. The molecule has 0 amide bonds. The molecule has 30 heavy (non-hydrogen) atoms. The first-order chi connectivity index (χ1) is 14.1. The number of amidine groups is 1. The van der Waals surface area contributed by atoms with Crippen molar-refractivity contribution in [1.29, 1.82) is 0 Å². The van der Waals surface area contributed by atoms with E-state index >= 15 is 0 Å². The van der Waals surface area contributed by atoms with Gasteiger partial charge in [0.15, 0.2) is 18.0 Å². The van der Waals surface area contributed by atoms with Crippen LogP contribution in [0.15, 0.2) is 28.0 Å². The topological polar surface area (TPSA) is 123 Å². The normalized spacial score (nSPS) is 13.8. The zero-order valence-corrected chi connectivity index (χ0v) is 17.6. The van der Waals surface area contributed by atoms with Crippen molar-refractivity contribution in [3.05, 3.63) is 40.2 Å². The first-order valence-corrected chi connectivity index (χ1v) is 8.85. The Morgan fingerprint density at radius 3 is 2.23 bits per heavy atom. The van der Waals surface area contributed by atoms with Crippen LogP contribution in [0.4, 0.5) is 13.2 Å². The molecule has 1 unspecified atom stereocenters. The summed E-state index contributed by atoms with van der Waals surface area (Å²) >= 11 is 5.39. The van der Waals surface area contributed by atoms with Crippen LogP contribution >= 0.6 is 11.6 Å². The van der Waals surface area contributed by atoms with Crippen LogP contribution in [-0.4, -0.2) is 53.6 Å². The van der Waals surface area contributed by atoms with Gasteiger partial charge in [-0.15, -0.1) is 0 Å². The average Bonchev–Trinajstić information content (AvgIpc) is 2.70. The van der Waals surface area contributed by atoms with Crippen molar-refractivity contribution >= 4 is 29.9 Å². The molecule has 1 atom stereocenters. The summed E-state index contributed by atoms with van der Waals surface area (Å²) in [5.41, 5.74) is -1.55. The first-order valence-electron chi connectivity index (χ1n) is 8.41. The highest BCUT2D eigenvalue weighted by Gasteiger charge is 2.12. The quantitative estimate of drug-likeness (QED) is 0.308. The van der Waals surface area contributed by atoms with Gasteiger partial charge in [-0.2, -0.15) is 4.39 Å². The van der Waals surface area contributed by atoms with E-state index in [4.69, 9.17) is 11.6 Å². The van der Waals surface area contributed by atoms with Crippen molar-refractivity contribution in [3.63, 3.8) is 0 Å². The van der Waals surface area contributed by atoms with Gasteiger partial charge in [-0.25, -0.2) is 23.6 Å². The fraction of sp³-hybridized carbons (Fsp3) is 0.471. The summed E-state index contributed by atoms with van der Waals surface area (Å²) < 4.78 is 43.8. The van der Waals surface area contributed by atoms with E-state index in [1.54, 1.807) is 27.7 Å². The number of halogens is 4. The summed E-state index contributed by atoms with van der Waals surface area (Å²) in [6.07, 6.45) is 2.11. The van der Waals surface area contributed by atoms with E-state index in [0.717, 1.165) is 6.20 Å². The molecule has 2 heterocycles. The van der Waals surface area contributed by atoms with E-state index in [1.807, 2.05) is 0 Å². The molecule has 0 fully saturated rings. The third kappa shape index (κ3) is 16.1. The lowest BCUT2D eigenvalue weighted by atomic mass is 10.5. The molecule has 13 heteroatoms. The van der Waals surface area contributed by atoms with Gasteiger partial charge in [0.1, 0.15) is 5.82 Å². The van der Waals surface area contributed by atoms with Crippen LogP contribution in [0.1, 0.15) is 26.6 Å². The van der Waals surface area contributed by atoms with Gasteiger partial charge in [0.05, 0.1) is 25.2 Å². The fourth-order valence-corrected chi connectivity index (χ4v) is 1.46. The van der Waals surface area contributed by atoms with Gasteiger partial charge in [0, 0.05) is 6.20 Å². The molecular weight excluding hydrogens is 433 g/mol. The third-order valence-electron chi connectivity index (χ3n) is 2.49. The van der Waals surface area contributed by atoms with E-state index in [9.17, 15) is 27.6 Å². The number of carbonyl (C=O) groups excluding carboxylic acids is 2. The third-order valence-corrected chi connectivity index (χ3v) is 2.79. The zero-order valence-electron chi connectivity index (χ0n) is 16.9. The molecule has 0 bridgehead atoms. The molecule has 2 rings (SSSR count). The lowest BCUT2D eigenvalue weighted by molar-refractivity contribution is -0.144. The van der Waals surface area contributed by atoms with Crippen LogP contribution in [0.25, 0.3) is 0 Å². The molecule has 170 valence electrons. The zero-order chi connectivity index (χ0) is 23.5. The largest absolute Gasteiger partial charge is 0.468 e. The number of ether oxygens (including phenoxy) is 2. The minimum atomic E-state index is -1.02. The minimum Gasteiger partial charge on any atom is -0.468 e. The van der Waals surface area contributed by atoms with E-state index in [0.29, 0.717) is 24.7 Å². The number of nitrogens with one attached hydrogen (secondary N) is 2. The predicted octanol–water partition coefficient (Wildman–Crippen LogP) is 2.30. The maximum absolute atomic E-state index is 12.3. The number of alkyl halides is 2. The van der Waals surface area contributed by atoms with Crippen LogP contribution in [0, 0.1) is 12.7 Å². The van der Waals surface area contributed by atoms with Gasteiger partial charge in [0.25, 0.3) is 12.0 Å². The van der Waals surface area contributed by atoms with Crippen molar-refractivity contribution in [3.8, 4) is 0 Å². The molecule has 0 aromatic carbocycles. The Morgan fingerprint density at radius 1 is 1.30 bits per heavy atom. The van der Waals surface area contributed by atoms with Crippen molar-refractivity contribution in [2.75, 3.05) is 19.9 Å². The molecule has 2 N–H and O–H groups in total. The fourth-order valence-electron chi connectivity index (χ4n) is 1.25. The molecule has 9 nitrogen and oxygen atoms in total. The highest BCUT2D eigenvalue weighted by molar-refractivity contribution is 6.22. The van der Waals surface area contributed by atoms with Gasteiger partial charge < -0.3 is 19.8 Å². The van der Waals surface area contributed by atoms with Gasteiger partial charge in [-0.3, -0.25) is 9.59 Å². The van der Waals surface area contributed by atoms with Crippen molar-refractivity contribution < 1.29 is 32.2 Å². The van der Waals surface area contributed by atoms with Gasteiger partial charge in [0.2, 0.25) is 5.82 Å². The maximum Gasteiger partial charge on any atom is 0.337 e. The maximum atomic E-state index is 12.3. The van der Waals surface area contributed by atoms with Gasteiger partial charge in [-0.1, -0.05) is 11.6 Å². The Balaban J connectivity index is 0. The Morgan fingerprint density at radius 2 is 1.93 bits per heavy atom. The summed E-state index contributed by atoms with van der Waals surface area (Å²) in [5.74, 6) is -1.02. The number of H-pyrrole nitrogens is 1. The van der Waals surface area contributed by atoms with Crippen molar-refractivity contribution in [2.45, 2.75) is 33.2 Å². The Hall–Kier alpha value is -2.89. The smallest absolute Gasteiger partial charge is 0.337 e. The molecule has 0 radical (unpaired) electrons. The number of aromatic amines is 1. The standard InChI is InChI=1S/C5H6ClFN2.C5H5FN2O.C4H7FO2.C3H6O2/c1-3-8-2-4(7)5(6)9-3;1-3-7-2-4(6)5(9)8-3;1-2-7-4(6)3-5;1-2-5-3-4/h2,5H,1H3,(H,8,9);2H,1H3,(H,7,8,9);2-3H2,1H3;3H,2H2,1H3. The van der Waals surface area contributed by atoms with Crippen molar-refractivity contribution in [2.24, 2.45) is 4.99 Å². The lowest BCUT2D eigenvalue weighted by Gasteiger charge is -2.09. The van der Waals surface area contributed by atoms with E-state index in [1.165, 1.54) is 6.20 Å². The second kappa shape index (κ2) is 18.2. The Bertz CT molecular complexity index is 759. The molecular formula is C17H24ClF3N4O5. The monoisotopic (exact) mass is 456 g/mol. The SMILES string of the molecule is CC1=NC(Cl)C(F)=CN1.CCOC(=O)CF.CCOC=O.Cc1ncc(F)c(=O)[nH]1. The average molecular weight is 457 g/mol. The molecule has 1 aromatic heterocycles.